The van der Waals surface area contributed by atoms with Gasteiger partial charge >= 0.3 is 6.18 Å². The molecule has 3 heterocycles. The Labute approximate surface area is 191 Å². The van der Waals surface area contributed by atoms with Crippen LogP contribution in [0.2, 0.25) is 5.15 Å². The lowest BCUT2D eigenvalue weighted by Crippen LogP contribution is -2.32. The van der Waals surface area contributed by atoms with E-state index in [0.29, 0.717) is 11.6 Å². The Morgan fingerprint density at radius 2 is 1.85 bits per heavy atom. The molecule has 176 valence electrons. The molecule has 0 radical (unpaired) electrons. The number of aryl methyl sites for hydroxylation is 1. The lowest BCUT2D eigenvalue weighted by molar-refractivity contribution is -0.137. The number of sulfonamides is 1. The first-order valence-corrected chi connectivity index (χ1v) is 11.4. The molecule has 0 aliphatic carbocycles. The normalized spacial score (nSPS) is 19.7. The quantitative estimate of drug-likeness (QED) is 0.536. The van der Waals surface area contributed by atoms with E-state index < -0.39 is 44.7 Å². The van der Waals surface area contributed by atoms with E-state index in [2.05, 4.69) is 20.5 Å². The number of hydrogen-bond acceptors (Lipinski definition) is 6. The zero-order valence-electron chi connectivity index (χ0n) is 17.0. The minimum atomic E-state index is -4.75. The van der Waals surface area contributed by atoms with Gasteiger partial charge in [0.15, 0.2) is 10.2 Å². The number of rotatable bonds is 5. The second kappa shape index (κ2) is 8.54. The van der Waals surface area contributed by atoms with Gasteiger partial charge in [0.1, 0.15) is 11.6 Å². The molecule has 1 fully saturated rings. The maximum Gasteiger partial charge on any atom is 0.419 e. The van der Waals surface area contributed by atoms with Crippen molar-refractivity contribution in [1.29, 1.82) is 0 Å². The van der Waals surface area contributed by atoms with Crippen molar-refractivity contribution in [3.63, 3.8) is 0 Å². The molecular formula is C19H17ClF4N6O2S. The Morgan fingerprint density at radius 3 is 2.45 bits per heavy atom. The molecule has 1 aliphatic heterocycles. The van der Waals surface area contributed by atoms with Gasteiger partial charge in [-0.3, -0.25) is 0 Å². The van der Waals surface area contributed by atoms with Crippen LogP contribution in [0.15, 0.2) is 47.9 Å². The van der Waals surface area contributed by atoms with E-state index in [4.69, 9.17) is 11.6 Å². The van der Waals surface area contributed by atoms with Gasteiger partial charge < -0.3 is 9.88 Å². The fourth-order valence-electron chi connectivity index (χ4n) is 3.65. The first kappa shape index (κ1) is 23.4. The van der Waals surface area contributed by atoms with E-state index in [0.717, 1.165) is 0 Å². The Hall–Kier alpha value is -2.77. The highest BCUT2D eigenvalue weighted by Crippen LogP contribution is 2.36. The van der Waals surface area contributed by atoms with Gasteiger partial charge in [-0.1, -0.05) is 23.7 Å². The van der Waals surface area contributed by atoms with Crippen molar-refractivity contribution >= 4 is 27.4 Å². The molecule has 1 aromatic carbocycles. The maximum atomic E-state index is 13.4. The van der Waals surface area contributed by atoms with Gasteiger partial charge in [0.2, 0.25) is 0 Å². The summed E-state index contributed by atoms with van der Waals surface area (Å²) in [6.45, 7) is -0.0953. The predicted octanol–water partition coefficient (Wildman–Crippen LogP) is 3.29. The van der Waals surface area contributed by atoms with E-state index in [1.165, 1.54) is 45.7 Å². The van der Waals surface area contributed by atoms with E-state index in [1.54, 1.807) is 7.05 Å². The first-order valence-electron chi connectivity index (χ1n) is 9.55. The molecule has 1 saturated heterocycles. The minimum absolute atomic E-state index is 0.00461. The lowest BCUT2D eigenvalue weighted by atomic mass is 9.94. The molecular weight excluding hydrogens is 488 g/mol. The first-order chi connectivity index (χ1) is 15.4. The molecule has 0 bridgehead atoms. The topological polar surface area (TPSA) is 93.0 Å². The smallest absolute Gasteiger partial charge is 0.364 e. The maximum absolute atomic E-state index is 13.4. The summed E-state index contributed by atoms with van der Waals surface area (Å²) in [5, 5.41) is 8.91. The largest absolute Gasteiger partial charge is 0.419 e. The summed E-state index contributed by atoms with van der Waals surface area (Å²) in [7, 11) is -2.36. The number of halogens is 5. The lowest BCUT2D eigenvalue weighted by Gasteiger charge is -2.21. The SMILES string of the molecule is Cn1cnc(S(=O)(=O)N2CC(Nc3cc(C(F)(F)F)c(Cl)nn3)C(c3ccc(F)cc3)C2)c1. The predicted molar refractivity (Wildman–Crippen MR) is 111 cm³/mol. The number of anilines is 1. The summed E-state index contributed by atoms with van der Waals surface area (Å²) in [4.78, 5) is 3.90. The molecule has 4 rings (SSSR count). The molecule has 3 aromatic rings. The molecule has 1 aliphatic rings. The standard InChI is InChI=1S/C19H17ClF4N6O2S/c1-29-9-17(25-10-29)33(31,32)30-7-13(11-2-4-12(21)5-3-11)15(8-30)26-16-6-14(19(22,23)24)18(20)28-27-16/h2-6,9-10,13,15H,7-8H2,1H3,(H,26,27). The summed E-state index contributed by atoms with van der Waals surface area (Å²) >= 11 is 5.54. The third-order valence-corrected chi connectivity index (χ3v) is 7.25. The highest BCUT2D eigenvalue weighted by Gasteiger charge is 2.42. The molecule has 8 nitrogen and oxygen atoms in total. The van der Waals surface area contributed by atoms with Gasteiger partial charge in [-0.05, 0) is 23.8 Å². The van der Waals surface area contributed by atoms with Gasteiger partial charge in [-0.15, -0.1) is 10.2 Å². The third-order valence-electron chi connectivity index (χ3n) is 5.26. The van der Waals surface area contributed by atoms with Crippen LogP contribution in [0.5, 0.6) is 0 Å². The molecule has 0 saturated carbocycles. The van der Waals surface area contributed by atoms with Crippen LogP contribution < -0.4 is 5.32 Å². The van der Waals surface area contributed by atoms with Crippen molar-refractivity contribution in [2.24, 2.45) is 7.05 Å². The minimum Gasteiger partial charge on any atom is -0.364 e. The number of alkyl halides is 3. The summed E-state index contributed by atoms with van der Waals surface area (Å²) in [6, 6.07) is 5.48. The Kier molecular flexibility index (Phi) is 6.05. The second-order valence-corrected chi connectivity index (χ2v) is 9.78. The van der Waals surface area contributed by atoms with E-state index >= 15 is 0 Å². The van der Waals surface area contributed by atoms with Crippen LogP contribution in [0.3, 0.4) is 0 Å². The van der Waals surface area contributed by atoms with Crippen molar-refractivity contribution in [3.8, 4) is 0 Å². The van der Waals surface area contributed by atoms with Gasteiger partial charge in [0, 0.05) is 38.3 Å². The summed E-state index contributed by atoms with van der Waals surface area (Å²) in [6.07, 6.45) is -2.05. The van der Waals surface area contributed by atoms with E-state index in [9.17, 15) is 26.0 Å². The fraction of sp³-hybridized carbons (Fsp3) is 0.316. The Bertz CT molecular complexity index is 1270. The van der Waals surface area contributed by atoms with Crippen LogP contribution in [-0.4, -0.2) is 51.6 Å². The molecule has 2 aromatic heterocycles. The van der Waals surface area contributed by atoms with E-state index in [-0.39, 0.29) is 23.9 Å². The van der Waals surface area contributed by atoms with Crippen LogP contribution in [0, 0.1) is 5.82 Å². The van der Waals surface area contributed by atoms with E-state index in [1.807, 2.05) is 0 Å². The van der Waals surface area contributed by atoms with Crippen LogP contribution in [0.1, 0.15) is 17.0 Å². The number of nitrogens with zero attached hydrogens (tertiary/aromatic N) is 5. The number of benzene rings is 1. The Morgan fingerprint density at radius 1 is 1.15 bits per heavy atom. The van der Waals surface area contributed by atoms with Crippen molar-refractivity contribution in [2.75, 3.05) is 18.4 Å². The number of hydrogen-bond donors (Lipinski definition) is 1. The van der Waals surface area contributed by atoms with Crippen molar-refractivity contribution in [2.45, 2.75) is 23.2 Å². The molecule has 14 heteroatoms. The molecule has 2 unspecified atom stereocenters. The highest BCUT2D eigenvalue weighted by atomic mass is 35.5. The van der Waals surface area contributed by atoms with Crippen LogP contribution in [0.4, 0.5) is 23.4 Å². The average molecular weight is 505 g/mol. The summed E-state index contributed by atoms with van der Waals surface area (Å²) < 4.78 is 81.9. The molecule has 33 heavy (non-hydrogen) atoms. The second-order valence-electron chi connectivity index (χ2n) is 7.54. The number of imidazole rings is 1. The van der Waals surface area contributed by atoms with Crippen molar-refractivity contribution in [3.05, 3.63) is 65.0 Å². The fourth-order valence-corrected chi connectivity index (χ4v) is 5.31. The summed E-state index contributed by atoms with van der Waals surface area (Å²) in [5.41, 5.74) is -0.568. The van der Waals surface area contributed by atoms with Gasteiger partial charge in [-0.25, -0.2) is 17.8 Å². The van der Waals surface area contributed by atoms with Gasteiger partial charge in [0.25, 0.3) is 10.0 Å². The Balaban J connectivity index is 1.67. The zero-order chi connectivity index (χ0) is 24.0. The van der Waals surface area contributed by atoms with Crippen LogP contribution >= 0.6 is 11.6 Å². The van der Waals surface area contributed by atoms with Crippen molar-refractivity contribution in [1.82, 2.24) is 24.1 Å². The number of nitrogens with one attached hydrogen (secondary N) is 1. The van der Waals surface area contributed by atoms with Gasteiger partial charge in [-0.2, -0.15) is 17.5 Å². The molecule has 2 atom stereocenters. The van der Waals surface area contributed by atoms with Crippen molar-refractivity contribution < 1.29 is 26.0 Å². The van der Waals surface area contributed by atoms with Crippen LogP contribution in [-0.2, 0) is 23.2 Å². The van der Waals surface area contributed by atoms with Gasteiger partial charge in [0.05, 0.1) is 11.9 Å². The molecule has 1 N–H and O–H groups in total. The average Bonchev–Trinajstić information content (AvgIpc) is 3.36. The zero-order valence-corrected chi connectivity index (χ0v) is 18.5. The number of aromatic nitrogens is 4. The summed E-state index contributed by atoms with van der Waals surface area (Å²) in [5.74, 6) is -1.21. The molecule has 0 amide bonds. The highest BCUT2D eigenvalue weighted by molar-refractivity contribution is 7.89. The monoisotopic (exact) mass is 504 g/mol. The molecule has 0 spiro atoms. The third kappa shape index (κ3) is 4.80. The van der Waals surface area contributed by atoms with Crippen LogP contribution in [0.25, 0.3) is 0 Å².